The van der Waals surface area contributed by atoms with Crippen LogP contribution in [0.2, 0.25) is 5.02 Å². The number of hydrogen-bond donors (Lipinski definition) is 0. The Morgan fingerprint density at radius 1 is 0.969 bits per heavy atom. The van der Waals surface area contributed by atoms with Gasteiger partial charge in [0.2, 0.25) is 0 Å². The van der Waals surface area contributed by atoms with E-state index in [1.807, 2.05) is 19.1 Å². The van der Waals surface area contributed by atoms with Gasteiger partial charge in [0.25, 0.3) is 0 Å². The summed E-state index contributed by atoms with van der Waals surface area (Å²) in [6, 6.07) is 16.4. The summed E-state index contributed by atoms with van der Waals surface area (Å²) in [7, 11) is 0. The fraction of sp³-hybridized carbons (Fsp3) is 0.280. The summed E-state index contributed by atoms with van der Waals surface area (Å²) >= 11 is 7.76. The van der Waals surface area contributed by atoms with Gasteiger partial charge >= 0.3 is 0 Å². The maximum absolute atomic E-state index is 6.10. The lowest BCUT2D eigenvalue weighted by Crippen LogP contribution is -2.46. The van der Waals surface area contributed by atoms with Crippen molar-refractivity contribution in [1.82, 2.24) is 14.9 Å². The molecule has 7 heteroatoms. The molecule has 3 heterocycles. The number of fused-ring (bicyclic) bond motifs is 1. The van der Waals surface area contributed by atoms with Crippen LogP contribution in [0.15, 0.2) is 60.2 Å². The van der Waals surface area contributed by atoms with Crippen LogP contribution in [0.4, 0.5) is 5.82 Å². The summed E-state index contributed by atoms with van der Waals surface area (Å²) in [5.74, 6) is 1.96. The number of piperazine rings is 1. The fourth-order valence-corrected chi connectivity index (χ4v) is 5.21. The number of benzene rings is 2. The van der Waals surface area contributed by atoms with Crippen molar-refractivity contribution in [2.45, 2.75) is 13.5 Å². The third-order valence-electron chi connectivity index (χ3n) is 5.82. The molecule has 32 heavy (non-hydrogen) atoms. The molecule has 2 aromatic heterocycles. The van der Waals surface area contributed by atoms with E-state index in [2.05, 4.69) is 56.6 Å². The molecule has 0 aliphatic carbocycles. The number of ether oxygens (including phenoxy) is 1. The third kappa shape index (κ3) is 4.44. The van der Waals surface area contributed by atoms with Gasteiger partial charge in [-0.25, -0.2) is 9.97 Å². The van der Waals surface area contributed by atoms with Crippen LogP contribution in [-0.2, 0) is 6.54 Å². The van der Waals surface area contributed by atoms with Crippen LogP contribution in [0.5, 0.6) is 5.75 Å². The Bertz CT molecular complexity index is 1190. The van der Waals surface area contributed by atoms with Crippen LogP contribution in [-0.4, -0.2) is 47.7 Å². The molecule has 0 saturated carbocycles. The Kier molecular flexibility index (Phi) is 6.26. The minimum absolute atomic E-state index is 0.696. The molecule has 164 valence electrons. The van der Waals surface area contributed by atoms with Crippen LogP contribution in [0.3, 0.4) is 0 Å². The van der Waals surface area contributed by atoms with E-state index in [9.17, 15) is 0 Å². The molecule has 5 nitrogen and oxygen atoms in total. The zero-order chi connectivity index (χ0) is 21.9. The van der Waals surface area contributed by atoms with Crippen molar-refractivity contribution >= 4 is 39.0 Å². The van der Waals surface area contributed by atoms with Gasteiger partial charge in [-0.3, -0.25) is 4.90 Å². The average Bonchev–Trinajstić information content (AvgIpc) is 3.26. The molecule has 0 amide bonds. The molecule has 1 aliphatic heterocycles. The van der Waals surface area contributed by atoms with Crippen molar-refractivity contribution in [2.75, 3.05) is 37.7 Å². The number of rotatable bonds is 6. The molecular weight excluding hydrogens is 440 g/mol. The topological polar surface area (TPSA) is 41.5 Å². The Labute approximate surface area is 197 Å². The predicted octanol–water partition coefficient (Wildman–Crippen LogP) is 5.73. The van der Waals surface area contributed by atoms with Crippen molar-refractivity contribution in [2.24, 2.45) is 0 Å². The van der Waals surface area contributed by atoms with Crippen molar-refractivity contribution in [3.8, 4) is 16.9 Å². The maximum atomic E-state index is 6.10. The Balaban J connectivity index is 1.32. The monoisotopic (exact) mass is 464 g/mol. The summed E-state index contributed by atoms with van der Waals surface area (Å²) in [6.45, 7) is 7.54. The molecule has 2 aromatic carbocycles. The number of halogens is 1. The lowest BCUT2D eigenvalue weighted by atomic mass is 10.1. The first kappa shape index (κ1) is 21.2. The average molecular weight is 465 g/mol. The second-order valence-electron chi connectivity index (χ2n) is 7.87. The quantitative estimate of drug-likeness (QED) is 0.364. The van der Waals surface area contributed by atoms with Crippen molar-refractivity contribution in [3.05, 3.63) is 70.8 Å². The first-order valence-electron chi connectivity index (χ1n) is 10.9. The second kappa shape index (κ2) is 9.45. The zero-order valence-corrected chi connectivity index (χ0v) is 19.6. The summed E-state index contributed by atoms with van der Waals surface area (Å²) in [5.41, 5.74) is 3.63. The van der Waals surface area contributed by atoms with E-state index in [-0.39, 0.29) is 0 Å². The van der Waals surface area contributed by atoms with E-state index in [0.29, 0.717) is 6.61 Å². The van der Waals surface area contributed by atoms with Gasteiger partial charge in [-0.15, -0.1) is 11.3 Å². The Morgan fingerprint density at radius 3 is 2.44 bits per heavy atom. The highest BCUT2D eigenvalue weighted by molar-refractivity contribution is 7.17. The number of hydrogen-bond acceptors (Lipinski definition) is 6. The molecule has 0 unspecified atom stereocenters. The normalized spacial score (nSPS) is 14.8. The molecule has 0 atom stereocenters. The molecule has 1 aliphatic rings. The van der Waals surface area contributed by atoms with Gasteiger partial charge in [-0.1, -0.05) is 35.9 Å². The second-order valence-corrected chi connectivity index (χ2v) is 9.17. The van der Waals surface area contributed by atoms with Gasteiger partial charge in [0.1, 0.15) is 22.7 Å². The van der Waals surface area contributed by atoms with Gasteiger partial charge in [0.15, 0.2) is 0 Å². The standard InChI is InChI=1S/C25H25ClN4OS/c1-2-31-21-9-3-18(4-10-21)15-29-11-13-30(14-12-29)24-23-22(16-32-25(23)28-17-27-24)19-5-7-20(26)8-6-19/h3-10,16-17H,2,11-15H2,1H3. The fourth-order valence-electron chi connectivity index (χ4n) is 4.17. The van der Waals surface area contributed by atoms with Gasteiger partial charge in [-0.2, -0.15) is 0 Å². The van der Waals surface area contributed by atoms with Crippen molar-refractivity contribution in [3.63, 3.8) is 0 Å². The highest BCUT2D eigenvalue weighted by Crippen LogP contribution is 2.38. The van der Waals surface area contributed by atoms with Gasteiger partial charge in [0.05, 0.1) is 12.0 Å². The van der Waals surface area contributed by atoms with E-state index in [4.69, 9.17) is 21.3 Å². The molecule has 1 saturated heterocycles. The summed E-state index contributed by atoms with van der Waals surface area (Å²) in [4.78, 5) is 15.1. The molecular formula is C25H25ClN4OS. The highest BCUT2D eigenvalue weighted by atomic mass is 35.5. The Hall–Kier alpha value is -2.67. The Morgan fingerprint density at radius 2 is 1.72 bits per heavy atom. The van der Waals surface area contributed by atoms with Crippen molar-refractivity contribution in [1.29, 1.82) is 0 Å². The van der Waals surface area contributed by atoms with Gasteiger partial charge < -0.3 is 9.64 Å². The minimum atomic E-state index is 0.696. The van der Waals surface area contributed by atoms with Gasteiger partial charge in [-0.05, 0) is 42.3 Å². The number of aromatic nitrogens is 2. The van der Waals surface area contributed by atoms with Crippen LogP contribution >= 0.6 is 22.9 Å². The highest BCUT2D eigenvalue weighted by Gasteiger charge is 2.22. The third-order valence-corrected chi connectivity index (χ3v) is 6.96. The molecule has 5 rings (SSSR count). The van der Waals surface area contributed by atoms with E-state index < -0.39 is 0 Å². The van der Waals surface area contributed by atoms with Crippen LogP contribution in [0.25, 0.3) is 21.3 Å². The molecule has 0 radical (unpaired) electrons. The minimum Gasteiger partial charge on any atom is -0.494 e. The largest absolute Gasteiger partial charge is 0.494 e. The smallest absolute Gasteiger partial charge is 0.141 e. The lowest BCUT2D eigenvalue weighted by Gasteiger charge is -2.35. The van der Waals surface area contributed by atoms with E-state index in [1.54, 1.807) is 17.7 Å². The summed E-state index contributed by atoms with van der Waals surface area (Å²) < 4.78 is 5.55. The molecule has 1 fully saturated rings. The van der Waals surface area contributed by atoms with E-state index >= 15 is 0 Å². The van der Waals surface area contributed by atoms with E-state index in [0.717, 1.165) is 65.1 Å². The van der Waals surface area contributed by atoms with Crippen LogP contribution in [0.1, 0.15) is 12.5 Å². The molecule has 0 spiro atoms. The molecule has 0 bridgehead atoms. The maximum Gasteiger partial charge on any atom is 0.141 e. The SMILES string of the molecule is CCOc1ccc(CN2CCN(c3ncnc4scc(-c5ccc(Cl)cc5)c34)CC2)cc1. The number of thiophene rings is 1. The molecule has 0 N–H and O–H groups in total. The van der Waals surface area contributed by atoms with Crippen molar-refractivity contribution < 1.29 is 4.74 Å². The summed E-state index contributed by atoms with van der Waals surface area (Å²) in [6.07, 6.45) is 1.69. The van der Waals surface area contributed by atoms with Crippen LogP contribution in [0, 0.1) is 0 Å². The van der Waals surface area contributed by atoms with Crippen LogP contribution < -0.4 is 9.64 Å². The number of nitrogens with zero attached hydrogens (tertiary/aromatic N) is 4. The summed E-state index contributed by atoms with van der Waals surface area (Å²) in [5, 5.41) is 4.06. The zero-order valence-electron chi connectivity index (χ0n) is 18.0. The first-order valence-corrected chi connectivity index (χ1v) is 12.1. The number of anilines is 1. The molecule has 4 aromatic rings. The van der Waals surface area contributed by atoms with Gasteiger partial charge in [0, 0.05) is 48.7 Å². The predicted molar refractivity (Wildman–Crippen MR) is 133 cm³/mol. The van der Waals surface area contributed by atoms with E-state index in [1.165, 1.54) is 11.1 Å². The lowest BCUT2D eigenvalue weighted by molar-refractivity contribution is 0.249. The first-order chi connectivity index (χ1) is 15.7.